The van der Waals surface area contributed by atoms with Crippen LogP contribution in [0.5, 0.6) is 0 Å². The van der Waals surface area contributed by atoms with Crippen LogP contribution in [0.3, 0.4) is 0 Å². The average Bonchev–Trinajstić information content (AvgIpc) is 3.80. The molecule has 2 nitrogen and oxygen atoms in total. The van der Waals surface area contributed by atoms with Gasteiger partial charge in [-0.2, -0.15) is 0 Å². The minimum absolute atomic E-state index is 0.427. The predicted octanol–water partition coefficient (Wildman–Crippen LogP) is 14.3. The van der Waals surface area contributed by atoms with Crippen molar-refractivity contribution in [2.45, 2.75) is 5.41 Å². The van der Waals surface area contributed by atoms with Gasteiger partial charge in [-0.3, -0.25) is 0 Å². The largest absolute Gasteiger partial charge is 0.228 e. The molecule has 1 heterocycles. The van der Waals surface area contributed by atoms with E-state index in [0.717, 1.165) is 39.5 Å². The van der Waals surface area contributed by atoms with Gasteiger partial charge in [-0.1, -0.05) is 200 Å². The maximum Gasteiger partial charge on any atom is 0.160 e. The van der Waals surface area contributed by atoms with Gasteiger partial charge in [0.2, 0.25) is 0 Å². The summed E-state index contributed by atoms with van der Waals surface area (Å²) in [5.74, 6) is 0.717. The highest BCUT2D eigenvalue weighted by atomic mass is 14.9. The lowest BCUT2D eigenvalue weighted by atomic mass is 9.69. The molecule has 0 amide bonds. The van der Waals surface area contributed by atoms with Gasteiger partial charge in [0.05, 0.1) is 16.8 Å². The van der Waals surface area contributed by atoms with Crippen LogP contribution in [-0.2, 0) is 5.41 Å². The second-order valence-electron chi connectivity index (χ2n) is 15.6. The average molecular weight is 749 g/mol. The number of nitrogens with zero attached hydrogens (tertiary/aromatic N) is 2. The smallest absolute Gasteiger partial charge is 0.160 e. The highest BCUT2D eigenvalue weighted by molar-refractivity contribution is 6.09. The van der Waals surface area contributed by atoms with Crippen molar-refractivity contribution in [3.8, 4) is 78.4 Å². The molecule has 0 radical (unpaired) electrons. The van der Waals surface area contributed by atoms with Crippen molar-refractivity contribution in [1.82, 2.24) is 9.97 Å². The fourth-order valence-corrected chi connectivity index (χ4v) is 9.97. The van der Waals surface area contributed by atoms with E-state index in [1.165, 1.54) is 72.0 Å². The quantitative estimate of drug-likeness (QED) is 0.175. The van der Waals surface area contributed by atoms with E-state index < -0.39 is 5.41 Å². The maximum absolute atomic E-state index is 5.08. The van der Waals surface area contributed by atoms with Gasteiger partial charge in [-0.05, 0) is 95.7 Å². The van der Waals surface area contributed by atoms with E-state index in [2.05, 4.69) is 194 Å². The molecule has 2 heteroatoms. The molecule has 0 saturated carbocycles. The number of fused-ring (bicyclic) bond motifs is 12. The first-order valence-corrected chi connectivity index (χ1v) is 20.3. The van der Waals surface area contributed by atoms with Crippen molar-refractivity contribution < 1.29 is 0 Å². The summed E-state index contributed by atoms with van der Waals surface area (Å²) >= 11 is 0. The summed E-state index contributed by atoms with van der Waals surface area (Å²) in [5.41, 5.74) is 20.0. The molecular weight excluding hydrogens is 713 g/mol. The molecule has 12 rings (SSSR count). The van der Waals surface area contributed by atoms with Gasteiger partial charge in [-0.25, -0.2) is 9.97 Å². The van der Waals surface area contributed by atoms with Crippen LogP contribution in [0.1, 0.15) is 22.3 Å². The van der Waals surface area contributed by atoms with Crippen LogP contribution >= 0.6 is 0 Å². The number of benzene rings is 9. The summed E-state index contributed by atoms with van der Waals surface area (Å²) in [5, 5.41) is 2.55. The number of aromatic nitrogens is 2. The van der Waals surface area contributed by atoms with Crippen LogP contribution in [0.15, 0.2) is 218 Å². The molecule has 59 heavy (non-hydrogen) atoms. The van der Waals surface area contributed by atoms with Gasteiger partial charge >= 0.3 is 0 Å². The second kappa shape index (κ2) is 13.2. The number of hydrogen-bond donors (Lipinski definition) is 0. The molecule has 0 saturated heterocycles. The summed E-state index contributed by atoms with van der Waals surface area (Å²) in [7, 11) is 0. The molecule has 2 aliphatic carbocycles. The Kier molecular flexibility index (Phi) is 7.48. The van der Waals surface area contributed by atoms with Crippen LogP contribution in [0.25, 0.3) is 89.2 Å². The van der Waals surface area contributed by atoms with E-state index in [1.54, 1.807) is 0 Å². The van der Waals surface area contributed by atoms with Crippen molar-refractivity contribution in [3.63, 3.8) is 0 Å². The molecule has 0 bridgehead atoms. The van der Waals surface area contributed by atoms with E-state index in [1.807, 2.05) is 24.3 Å². The third-order valence-electron chi connectivity index (χ3n) is 12.5. The Balaban J connectivity index is 1.01. The lowest BCUT2D eigenvalue weighted by Crippen LogP contribution is -2.26. The van der Waals surface area contributed by atoms with Crippen LogP contribution in [0.4, 0.5) is 0 Å². The summed E-state index contributed by atoms with van der Waals surface area (Å²) in [6.07, 6.45) is 0. The van der Waals surface area contributed by atoms with Gasteiger partial charge in [-0.15, -0.1) is 0 Å². The van der Waals surface area contributed by atoms with Crippen molar-refractivity contribution in [2.24, 2.45) is 0 Å². The SMILES string of the molecule is c1ccc(-c2cc(-c3ccc(-c4cccc(-c5cc6ccccc6c6c5-c5ccccc5C65c6ccccc6-c6ccccc65)c4)cc3)nc(-c3ccccc3)n2)cc1. The Bertz CT molecular complexity index is 3150. The molecule has 0 atom stereocenters. The number of rotatable bonds is 5. The molecule has 10 aromatic rings. The highest BCUT2D eigenvalue weighted by Gasteiger charge is 2.52. The summed E-state index contributed by atoms with van der Waals surface area (Å²) < 4.78 is 0. The summed E-state index contributed by atoms with van der Waals surface area (Å²) in [6.45, 7) is 0. The van der Waals surface area contributed by atoms with Crippen molar-refractivity contribution in [3.05, 3.63) is 241 Å². The second-order valence-corrected chi connectivity index (χ2v) is 15.6. The zero-order chi connectivity index (χ0) is 38.9. The minimum atomic E-state index is -0.427. The summed E-state index contributed by atoms with van der Waals surface area (Å²) in [6, 6.07) is 79.2. The highest BCUT2D eigenvalue weighted by Crippen LogP contribution is 2.65. The lowest BCUT2D eigenvalue weighted by molar-refractivity contribution is 0.801. The Labute approximate surface area is 343 Å². The molecule has 274 valence electrons. The Morgan fingerprint density at radius 1 is 0.305 bits per heavy atom. The van der Waals surface area contributed by atoms with Crippen LogP contribution in [-0.4, -0.2) is 9.97 Å². The lowest BCUT2D eigenvalue weighted by Gasteiger charge is -2.31. The van der Waals surface area contributed by atoms with Crippen molar-refractivity contribution >= 4 is 10.8 Å². The van der Waals surface area contributed by atoms with E-state index in [0.29, 0.717) is 0 Å². The topological polar surface area (TPSA) is 25.8 Å². The van der Waals surface area contributed by atoms with Crippen molar-refractivity contribution in [1.29, 1.82) is 0 Å². The molecule has 9 aromatic carbocycles. The monoisotopic (exact) mass is 748 g/mol. The molecular formula is C57H36N2. The molecule has 0 unspecified atom stereocenters. The number of hydrogen-bond acceptors (Lipinski definition) is 2. The van der Waals surface area contributed by atoms with E-state index >= 15 is 0 Å². The molecule has 2 aliphatic rings. The van der Waals surface area contributed by atoms with Crippen LogP contribution < -0.4 is 0 Å². The maximum atomic E-state index is 5.08. The first kappa shape index (κ1) is 33.5. The normalized spacial score (nSPS) is 12.9. The first-order valence-electron chi connectivity index (χ1n) is 20.3. The zero-order valence-corrected chi connectivity index (χ0v) is 32.2. The van der Waals surface area contributed by atoms with E-state index in [4.69, 9.17) is 9.97 Å². The van der Waals surface area contributed by atoms with Crippen LogP contribution in [0, 0.1) is 0 Å². The van der Waals surface area contributed by atoms with E-state index in [-0.39, 0.29) is 0 Å². The van der Waals surface area contributed by atoms with Crippen molar-refractivity contribution in [2.75, 3.05) is 0 Å². The van der Waals surface area contributed by atoms with E-state index in [9.17, 15) is 0 Å². The Morgan fingerprint density at radius 3 is 1.47 bits per heavy atom. The molecule has 0 aliphatic heterocycles. The molecule has 1 aromatic heterocycles. The van der Waals surface area contributed by atoms with Crippen LogP contribution in [0.2, 0.25) is 0 Å². The third kappa shape index (κ3) is 5.06. The standard InChI is InChI=1S/C57H36N2/c1-3-16-38(17-4-1)52-36-53(59-56(58-52)40-18-5-2-6-19-40)39-32-30-37(31-33-39)41-21-15-22-42(34-41)48-35-43-20-7-8-23-44(43)55-54(48)47-26-11-14-29-51(47)57(55)49-27-12-9-24-45(49)46-25-10-13-28-50(46)57/h1-36H. The van der Waals surface area contributed by atoms with Gasteiger partial charge in [0.15, 0.2) is 5.82 Å². The third-order valence-corrected chi connectivity index (χ3v) is 12.5. The van der Waals surface area contributed by atoms with Gasteiger partial charge in [0, 0.05) is 16.7 Å². The zero-order valence-electron chi connectivity index (χ0n) is 32.2. The molecule has 0 fully saturated rings. The minimum Gasteiger partial charge on any atom is -0.228 e. The summed E-state index contributed by atoms with van der Waals surface area (Å²) in [4.78, 5) is 10.1. The van der Waals surface area contributed by atoms with Gasteiger partial charge in [0.25, 0.3) is 0 Å². The fourth-order valence-electron chi connectivity index (χ4n) is 9.97. The molecule has 0 N–H and O–H groups in total. The fraction of sp³-hybridized carbons (Fsp3) is 0.0175. The Morgan fingerprint density at radius 2 is 0.797 bits per heavy atom. The first-order chi connectivity index (χ1) is 29.3. The molecule has 1 spiro atoms. The Hall–Kier alpha value is -7.68. The predicted molar refractivity (Wildman–Crippen MR) is 243 cm³/mol. The van der Waals surface area contributed by atoms with Gasteiger partial charge < -0.3 is 0 Å². The van der Waals surface area contributed by atoms with Gasteiger partial charge in [0.1, 0.15) is 0 Å².